The van der Waals surface area contributed by atoms with Crippen LogP contribution >= 0.6 is 11.6 Å². The third-order valence-electron chi connectivity index (χ3n) is 2.01. The number of nitrogens with zero attached hydrogens (tertiary/aromatic N) is 2. The molecule has 0 aliphatic heterocycles. The van der Waals surface area contributed by atoms with Crippen LogP contribution in [0.15, 0.2) is 48.5 Å². The van der Waals surface area contributed by atoms with Gasteiger partial charge in [0.1, 0.15) is 5.75 Å². The summed E-state index contributed by atoms with van der Waals surface area (Å²) in [7, 11) is 0. The lowest BCUT2D eigenvalue weighted by Gasteiger charge is -2.02. The molecule has 0 N–H and O–H groups in total. The third-order valence-corrected chi connectivity index (χ3v) is 2.27. The van der Waals surface area contributed by atoms with Gasteiger partial charge in [-0.25, -0.2) is 0 Å². The van der Waals surface area contributed by atoms with Gasteiger partial charge in [-0.2, -0.15) is 0 Å². The Morgan fingerprint density at radius 2 is 1.65 bits per heavy atom. The molecule has 2 aromatic rings. The minimum atomic E-state index is 0. The Morgan fingerprint density at radius 1 is 1.00 bits per heavy atom. The Hall–Kier alpha value is -1.76. The topological polar surface area (TPSA) is 37.4 Å². The van der Waals surface area contributed by atoms with Crippen molar-refractivity contribution in [2.24, 2.45) is 0 Å². The molecule has 0 bridgehead atoms. The van der Waals surface area contributed by atoms with Crippen LogP contribution in [-0.2, 0) is 0 Å². The van der Waals surface area contributed by atoms with E-state index in [0.717, 1.165) is 0 Å². The molecular formula is C12H8Cl2N2O. The monoisotopic (exact) mass is 266 g/mol. The van der Waals surface area contributed by atoms with Gasteiger partial charge in [0.2, 0.25) is 11.1 Å². The SMILES string of the molecule is N#[N+]c1ccccc1Oc1ccc(Cl)cc1.[Cl-]. The highest BCUT2D eigenvalue weighted by Gasteiger charge is 2.13. The van der Waals surface area contributed by atoms with E-state index in [4.69, 9.17) is 21.7 Å². The van der Waals surface area contributed by atoms with Crippen molar-refractivity contribution in [2.45, 2.75) is 0 Å². The molecule has 2 rings (SSSR count). The number of diazo groups is 1. The summed E-state index contributed by atoms with van der Waals surface area (Å²) in [5.74, 6) is 1.13. The molecule has 17 heavy (non-hydrogen) atoms. The van der Waals surface area contributed by atoms with E-state index < -0.39 is 0 Å². The third kappa shape index (κ3) is 3.35. The van der Waals surface area contributed by atoms with Crippen molar-refractivity contribution < 1.29 is 17.1 Å². The molecule has 0 fully saturated rings. The van der Waals surface area contributed by atoms with Gasteiger partial charge in [0, 0.05) is 11.1 Å². The Labute approximate surface area is 110 Å². The zero-order valence-electron chi connectivity index (χ0n) is 8.68. The molecule has 0 radical (unpaired) electrons. The summed E-state index contributed by atoms with van der Waals surface area (Å²) in [6.45, 7) is 0. The van der Waals surface area contributed by atoms with Crippen molar-refractivity contribution in [3.63, 3.8) is 0 Å². The van der Waals surface area contributed by atoms with E-state index in [0.29, 0.717) is 22.2 Å². The van der Waals surface area contributed by atoms with Crippen molar-refractivity contribution in [3.05, 3.63) is 58.5 Å². The first kappa shape index (κ1) is 13.3. The first-order chi connectivity index (χ1) is 7.79. The van der Waals surface area contributed by atoms with Gasteiger partial charge in [-0.15, -0.1) is 0 Å². The first-order valence-electron chi connectivity index (χ1n) is 4.67. The van der Waals surface area contributed by atoms with E-state index in [1.165, 1.54) is 0 Å². The zero-order chi connectivity index (χ0) is 11.4. The predicted octanol–water partition coefficient (Wildman–Crippen LogP) is 1.62. The largest absolute Gasteiger partial charge is 1.00 e. The smallest absolute Gasteiger partial charge is 0.426 e. The molecule has 0 amide bonds. The molecule has 0 heterocycles. The van der Waals surface area contributed by atoms with Crippen LogP contribution < -0.4 is 17.1 Å². The normalized spacial score (nSPS) is 8.94. The van der Waals surface area contributed by atoms with Crippen LogP contribution in [-0.4, -0.2) is 0 Å². The van der Waals surface area contributed by atoms with Gasteiger partial charge in [-0.3, -0.25) is 0 Å². The molecule has 0 unspecified atom stereocenters. The second-order valence-electron chi connectivity index (χ2n) is 3.12. The summed E-state index contributed by atoms with van der Waals surface area (Å²) < 4.78 is 5.54. The summed E-state index contributed by atoms with van der Waals surface area (Å²) in [4.78, 5) is 3.13. The molecule has 0 saturated carbocycles. The zero-order valence-corrected chi connectivity index (χ0v) is 10.2. The number of rotatable bonds is 2. The fraction of sp³-hybridized carbons (Fsp3) is 0. The van der Waals surface area contributed by atoms with E-state index in [1.54, 1.807) is 48.5 Å². The molecule has 0 aliphatic rings. The Balaban J connectivity index is 0.00000144. The molecule has 3 nitrogen and oxygen atoms in total. The van der Waals surface area contributed by atoms with Crippen LogP contribution in [0.2, 0.25) is 5.02 Å². The van der Waals surface area contributed by atoms with Crippen LogP contribution in [0.5, 0.6) is 11.5 Å². The number of ether oxygens (including phenoxy) is 1. The minimum absolute atomic E-state index is 0. The van der Waals surface area contributed by atoms with Crippen LogP contribution in [0.25, 0.3) is 4.98 Å². The van der Waals surface area contributed by atoms with Gasteiger partial charge in [-0.1, -0.05) is 23.7 Å². The second-order valence-corrected chi connectivity index (χ2v) is 3.56. The van der Waals surface area contributed by atoms with Crippen LogP contribution in [0.4, 0.5) is 5.69 Å². The summed E-state index contributed by atoms with van der Waals surface area (Å²) in [6.07, 6.45) is 0. The highest BCUT2D eigenvalue weighted by molar-refractivity contribution is 6.30. The Kier molecular flexibility index (Phi) is 4.77. The maximum absolute atomic E-state index is 8.76. The fourth-order valence-corrected chi connectivity index (χ4v) is 1.38. The highest BCUT2D eigenvalue weighted by Crippen LogP contribution is 2.31. The lowest BCUT2D eigenvalue weighted by Crippen LogP contribution is -3.00. The molecule has 2 aromatic carbocycles. The summed E-state index contributed by atoms with van der Waals surface area (Å²) in [5.41, 5.74) is 0.387. The molecule has 0 aliphatic carbocycles. The molecule has 0 spiro atoms. The van der Waals surface area contributed by atoms with E-state index in [1.807, 2.05) is 0 Å². The quantitative estimate of drug-likeness (QED) is 0.775. The van der Waals surface area contributed by atoms with Crippen molar-refractivity contribution in [2.75, 3.05) is 0 Å². The van der Waals surface area contributed by atoms with Crippen molar-refractivity contribution in [1.82, 2.24) is 0 Å². The van der Waals surface area contributed by atoms with E-state index in [9.17, 15) is 0 Å². The van der Waals surface area contributed by atoms with Gasteiger partial charge in [0.05, 0.1) is 0 Å². The van der Waals surface area contributed by atoms with Gasteiger partial charge in [0.15, 0.2) is 4.98 Å². The molecule has 0 aromatic heterocycles. The fourth-order valence-electron chi connectivity index (χ4n) is 1.26. The number of halogens is 2. The van der Waals surface area contributed by atoms with E-state index in [-0.39, 0.29) is 12.4 Å². The molecule has 0 atom stereocenters. The highest BCUT2D eigenvalue weighted by atomic mass is 35.5. The lowest BCUT2D eigenvalue weighted by atomic mass is 10.3. The van der Waals surface area contributed by atoms with Gasteiger partial charge >= 0.3 is 5.69 Å². The molecule has 0 saturated heterocycles. The Morgan fingerprint density at radius 3 is 2.29 bits per heavy atom. The van der Waals surface area contributed by atoms with Gasteiger partial charge in [-0.05, 0) is 30.3 Å². The van der Waals surface area contributed by atoms with Crippen LogP contribution in [0.3, 0.4) is 0 Å². The van der Waals surface area contributed by atoms with Gasteiger partial charge in [0.25, 0.3) is 0 Å². The van der Waals surface area contributed by atoms with Crippen molar-refractivity contribution in [3.8, 4) is 11.5 Å². The molecule has 86 valence electrons. The first-order valence-corrected chi connectivity index (χ1v) is 5.05. The lowest BCUT2D eigenvalue weighted by molar-refractivity contribution is -0.00000379. The maximum atomic E-state index is 8.76. The van der Waals surface area contributed by atoms with Crippen LogP contribution in [0, 0.1) is 5.39 Å². The Bertz CT molecular complexity index is 535. The standard InChI is InChI=1S/C12H8ClN2O.ClH/c13-9-5-7-10(8-6-9)16-12-4-2-1-3-11(12)15-14;/h1-8H;1H/q+1;/p-1. The second kappa shape index (κ2) is 6.09. The summed E-state index contributed by atoms with van der Waals surface area (Å²) in [6, 6.07) is 13.9. The van der Waals surface area contributed by atoms with Crippen molar-refractivity contribution >= 4 is 17.3 Å². The van der Waals surface area contributed by atoms with Crippen molar-refractivity contribution in [1.29, 1.82) is 5.39 Å². The number of benzene rings is 2. The number of hydrogen-bond donors (Lipinski definition) is 0. The minimum Gasteiger partial charge on any atom is -1.00 e. The van der Waals surface area contributed by atoms with E-state index >= 15 is 0 Å². The van der Waals surface area contributed by atoms with Crippen LogP contribution in [0.1, 0.15) is 0 Å². The number of hydrogen-bond acceptors (Lipinski definition) is 2. The van der Waals surface area contributed by atoms with Gasteiger partial charge < -0.3 is 17.1 Å². The average Bonchev–Trinajstić information content (AvgIpc) is 2.33. The summed E-state index contributed by atoms with van der Waals surface area (Å²) >= 11 is 5.76. The predicted molar refractivity (Wildman–Crippen MR) is 62.7 cm³/mol. The maximum Gasteiger partial charge on any atom is 0.426 e. The van der Waals surface area contributed by atoms with E-state index in [2.05, 4.69) is 4.98 Å². The average molecular weight is 267 g/mol. The molecule has 5 heteroatoms. The molecular weight excluding hydrogens is 259 g/mol. The number of para-hydroxylation sites is 1. The summed E-state index contributed by atoms with van der Waals surface area (Å²) in [5, 5.41) is 9.41.